The smallest absolute Gasteiger partial charge is 0.347 e. The zero-order valence-corrected chi connectivity index (χ0v) is 16.3. The Balaban J connectivity index is 1.57. The van der Waals surface area contributed by atoms with Crippen molar-refractivity contribution in [2.45, 2.75) is 26.3 Å². The SMILES string of the molecule is COc1ccc(NC(=O)/N=C(\N)C2CCCN(Cc3nccc(C)n3)C2)cc1. The molecule has 148 valence electrons. The van der Waals surface area contributed by atoms with Crippen molar-refractivity contribution in [3.05, 3.63) is 48.0 Å². The number of aliphatic imine (C=N–C) groups is 1. The van der Waals surface area contributed by atoms with Gasteiger partial charge in [0.05, 0.1) is 13.7 Å². The van der Waals surface area contributed by atoms with Gasteiger partial charge in [0.1, 0.15) is 17.4 Å². The molecule has 1 fully saturated rings. The van der Waals surface area contributed by atoms with E-state index in [1.807, 2.05) is 13.0 Å². The van der Waals surface area contributed by atoms with Crippen LogP contribution in [0.3, 0.4) is 0 Å². The molecule has 1 aromatic carbocycles. The number of carbonyl (C=O) groups is 1. The van der Waals surface area contributed by atoms with Gasteiger partial charge < -0.3 is 15.8 Å². The lowest BCUT2D eigenvalue weighted by molar-refractivity contribution is 0.191. The third-order valence-electron chi connectivity index (χ3n) is 4.71. The van der Waals surface area contributed by atoms with Gasteiger partial charge in [-0.05, 0) is 56.6 Å². The van der Waals surface area contributed by atoms with E-state index < -0.39 is 6.03 Å². The van der Waals surface area contributed by atoms with Crippen LogP contribution in [0.4, 0.5) is 10.5 Å². The number of nitrogens with two attached hydrogens (primary N) is 1. The summed E-state index contributed by atoms with van der Waals surface area (Å²) in [5.41, 5.74) is 7.74. The number of nitrogens with one attached hydrogen (secondary N) is 1. The summed E-state index contributed by atoms with van der Waals surface area (Å²) in [7, 11) is 1.59. The largest absolute Gasteiger partial charge is 0.497 e. The summed E-state index contributed by atoms with van der Waals surface area (Å²) in [6.07, 6.45) is 3.68. The summed E-state index contributed by atoms with van der Waals surface area (Å²) in [5, 5.41) is 2.72. The van der Waals surface area contributed by atoms with Crippen LogP contribution in [0.15, 0.2) is 41.5 Å². The molecule has 3 rings (SSSR count). The molecule has 8 heteroatoms. The Morgan fingerprint density at radius 2 is 2.14 bits per heavy atom. The quantitative estimate of drug-likeness (QED) is 0.608. The van der Waals surface area contributed by atoms with Crippen LogP contribution in [-0.2, 0) is 6.54 Å². The van der Waals surface area contributed by atoms with Crippen molar-refractivity contribution in [1.82, 2.24) is 14.9 Å². The zero-order valence-electron chi connectivity index (χ0n) is 16.3. The Kier molecular flexibility index (Phi) is 6.54. The molecule has 2 amide bonds. The van der Waals surface area contributed by atoms with E-state index in [1.54, 1.807) is 37.6 Å². The third kappa shape index (κ3) is 5.50. The number of likely N-dealkylation sites (tertiary alicyclic amines) is 1. The summed E-state index contributed by atoms with van der Waals surface area (Å²) < 4.78 is 5.10. The highest BCUT2D eigenvalue weighted by Crippen LogP contribution is 2.19. The van der Waals surface area contributed by atoms with E-state index in [0.717, 1.165) is 43.2 Å². The molecule has 1 aliphatic heterocycles. The topological polar surface area (TPSA) is 106 Å². The van der Waals surface area contributed by atoms with Gasteiger partial charge in [0.2, 0.25) is 0 Å². The Morgan fingerprint density at radius 3 is 2.86 bits per heavy atom. The van der Waals surface area contributed by atoms with Gasteiger partial charge in [-0.2, -0.15) is 4.99 Å². The van der Waals surface area contributed by atoms with Crippen molar-refractivity contribution in [2.24, 2.45) is 16.6 Å². The maximum atomic E-state index is 12.2. The van der Waals surface area contributed by atoms with Crippen LogP contribution >= 0.6 is 0 Å². The molecule has 0 aliphatic carbocycles. The van der Waals surface area contributed by atoms with Crippen molar-refractivity contribution >= 4 is 17.6 Å². The highest BCUT2D eigenvalue weighted by Gasteiger charge is 2.24. The summed E-state index contributed by atoms with van der Waals surface area (Å²) in [5.74, 6) is 1.93. The first kappa shape index (κ1) is 19.8. The molecule has 1 aliphatic rings. The number of amides is 2. The second-order valence-corrected chi connectivity index (χ2v) is 6.88. The Morgan fingerprint density at radius 1 is 1.36 bits per heavy atom. The van der Waals surface area contributed by atoms with E-state index in [4.69, 9.17) is 10.5 Å². The molecule has 1 unspecified atom stereocenters. The predicted molar refractivity (Wildman–Crippen MR) is 108 cm³/mol. The number of hydrogen-bond acceptors (Lipinski definition) is 5. The van der Waals surface area contributed by atoms with E-state index >= 15 is 0 Å². The molecule has 0 saturated carbocycles. The number of nitrogens with zero attached hydrogens (tertiary/aromatic N) is 4. The molecule has 3 N–H and O–H groups in total. The molecule has 2 heterocycles. The number of aryl methyl sites for hydroxylation is 1. The molecular formula is C20H26N6O2. The zero-order chi connectivity index (χ0) is 19.9. The van der Waals surface area contributed by atoms with Gasteiger partial charge >= 0.3 is 6.03 Å². The van der Waals surface area contributed by atoms with Crippen molar-refractivity contribution in [3.8, 4) is 5.75 Å². The van der Waals surface area contributed by atoms with Gasteiger partial charge in [0.25, 0.3) is 0 Å². The molecule has 0 radical (unpaired) electrons. The van der Waals surface area contributed by atoms with E-state index in [2.05, 4.69) is 25.2 Å². The number of anilines is 1. The molecule has 0 bridgehead atoms. The number of urea groups is 1. The lowest BCUT2D eigenvalue weighted by atomic mass is 9.97. The van der Waals surface area contributed by atoms with Crippen molar-refractivity contribution in [1.29, 1.82) is 0 Å². The van der Waals surface area contributed by atoms with Crippen LogP contribution in [0.5, 0.6) is 5.75 Å². The lowest BCUT2D eigenvalue weighted by Gasteiger charge is -2.31. The summed E-state index contributed by atoms with van der Waals surface area (Å²) in [4.78, 5) is 27.3. The average Bonchev–Trinajstić information content (AvgIpc) is 2.68. The molecule has 2 aromatic rings. The van der Waals surface area contributed by atoms with Crippen LogP contribution in [0, 0.1) is 12.8 Å². The predicted octanol–water partition coefficient (Wildman–Crippen LogP) is 2.59. The van der Waals surface area contributed by atoms with Gasteiger partial charge in [-0.25, -0.2) is 14.8 Å². The first-order chi connectivity index (χ1) is 13.5. The van der Waals surface area contributed by atoms with Gasteiger partial charge in [-0.1, -0.05) is 0 Å². The fourth-order valence-corrected chi connectivity index (χ4v) is 3.25. The number of hydrogen-bond donors (Lipinski definition) is 2. The Bertz CT molecular complexity index is 837. The maximum Gasteiger partial charge on any atom is 0.347 e. The Hall–Kier alpha value is -3.00. The van der Waals surface area contributed by atoms with Crippen LogP contribution in [-0.4, -0.2) is 46.9 Å². The number of amidine groups is 1. The minimum absolute atomic E-state index is 0.0418. The lowest BCUT2D eigenvalue weighted by Crippen LogP contribution is -2.41. The van der Waals surface area contributed by atoms with E-state index in [1.165, 1.54) is 0 Å². The van der Waals surface area contributed by atoms with Crippen molar-refractivity contribution < 1.29 is 9.53 Å². The minimum atomic E-state index is -0.471. The molecular weight excluding hydrogens is 356 g/mol. The summed E-state index contributed by atoms with van der Waals surface area (Å²) >= 11 is 0. The van der Waals surface area contributed by atoms with Crippen LogP contribution in [0.1, 0.15) is 24.4 Å². The standard InChI is InChI=1S/C20H26N6O2/c1-14-9-10-22-18(23-14)13-26-11-3-4-15(12-26)19(21)25-20(27)24-16-5-7-17(28-2)8-6-16/h5-10,15H,3-4,11-13H2,1-2H3,(H3,21,24,25,27). The van der Waals surface area contributed by atoms with Crippen LogP contribution in [0.2, 0.25) is 0 Å². The monoisotopic (exact) mass is 382 g/mol. The highest BCUT2D eigenvalue weighted by molar-refractivity contribution is 6.00. The van der Waals surface area contributed by atoms with E-state index in [9.17, 15) is 4.79 Å². The molecule has 1 atom stereocenters. The van der Waals surface area contributed by atoms with Gasteiger partial charge in [-0.3, -0.25) is 4.90 Å². The van der Waals surface area contributed by atoms with Crippen LogP contribution in [0.25, 0.3) is 0 Å². The second kappa shape index (κ2) is 9.27. The second-order valence-electron chi connectivity index (χ2n) is 6.88. The number of carbonyl (C=O) groups excluding carboxylic acids is 1. The average molecular weight is 382 g/mol. The first-order valence-electron chi connectivity index (χ1n) is 9.33. The summed E-state index contributed by atoms with van der Waals surface area (Å²) in [6, 6.07) is 8.47. The highest BCUT2D eigenvalue weighted by atomic mass is 16.5. The first-order valence-corrected chi connectivity index (χ1v) is 9.33. The number of piperidine rings is 1. The molecule has 1 aromatic heterocycles. The molecule has 0 spiro atoms. The third-order valence-corrected chi connectivity index (χ3v) is 4.71. The Labute approximate surface area is 164 Å². The number of ether oxygens (including phenoxy) is 1. The van der Waals surface area contributed by atoms with Gasteiger partial charge in [0, 0.05) is 30.0 Å². The number of benzene rings is 1. The molecule has 8 nitrogen and oxygen atoms in total. The van der Waals surface area contributed by atoms with Crippen LogP contribution < -0.4 is 15.8 Å². The van der Waals surface area contributed by atoms with Gasteiger partial charge in [0.15, 0.2) is 0 Å². The van der Waals surface area contributed by atoms with E-state index in [-0.39, 0.29) is 5.92 Å². The summed E-state index contributed by atoms with van der Waals surface area (Å²) in [6.45, 7) is 4.32. The number of aromatic nitrogens is 2. The number of rotatable bonds is 5. The van der Waals surface area contributed by atoms with Crippen molar-refractivity contribution in [3.63, 3.8) is 0 Å². The molecule has 28 heavy (non-hydrogen) atoms. The van der Waals surface area contributed by atoms with E-state index in [0.29, 0.717) is 18.1 Å². The fourth-order valence-electron chi connectivity index (χ4n) is 3.25. The molecule has 1 saturated heterocycles. The fraction of sp³-hybridized carbons (Fsp3) is 0.400. The normalized spacial score (nSPS) is 17.9. The van der Waals surface area contributed by atoms with Crippen molar-refractivity contribution in [2.75, 3.05) is 25.5 Å². The maximum absolute atomic E-state index is 12.2. The minimum Gasteiger partial charge on any atom is -0.497 e. The number of methoxy groups -OCH3 is 1. The van der Waals surface area contributed by atoms with Gasteiger partial charge in [-0.15, -0.1) is 0 Å².